The molecule has 1 unspecified atom stereocenters. The zero-order valence-electron chi connectivity index (χ0n) is 20.2. The molecule has 0 saturated carbocycles. The zero-order chi connectivity index (χ0) is 24.5. The van der Waals surface area contributed by atoms with E-state index in [1.165, 1.54) is 4.31 Å². The number of rotatable bonds is 6. The number of hydrogen-bond donors (Lipinski definition) is 0. The van der Waals surface area contributed by atoms with Crippen molar-refractivity contribution in [1.29, 1.82) is 0 Å². The second-order valence-electron chi connectivity index (χ2n) is 9.50. The van der Waals surface area contributed by atoms with Crippen LogP contribution >= 0.6 is 0 Å². The van der Waals surface area contributed by atoms with Gasteiger partial charge in [-0.1, -0.05) is 38.1 Å². The van der Waals surface area contributed by atoms with Gasteiger partial charge in [-0.25, -0.2) is 8.42 Å². The summed E-state index contributed by atoms with van der Waals surface area (Å²) in [6, 6.07) is 12.6. The van der Waals surface area contributed by atoms with Crippen molar-refractivity contribution in [3.63, 3.8) is 0 Å². The van der Waals surface area contributed by atoms with E-state index in [9.17, 15) is 8.42 Å². The van der Waals surface area contributed by atoms with Crippen LogP contribution in [0.2, 0.25) is 0 Å². The van der Waals surface area contributed by atoms with E-state index < -0.39 is 10.0 Å². The third kappa shape index (κ3) is 4.81. The molecule has 2 heterocycles. The van der Waals surface area contributed by atoms with Gasteiger partial charge < -0.3 is 14.0 Å². The van der Waals surface area contributed by atoms with Crippen LogP contribution in [0.4, 0.5) is 0 Å². The first-order valence-corrected chi connectivity index (χ1v) is 12.7. The lowest BCUT2D eigenvalue weighted by molar-refractivity contribution is 0.265. The highest BCUT2D eigenvalue weighted by atomic mass is 32.2. The Balaban J connectivity index is 1.53. The number of methoxy groups -OCH3 is 2. The van der Waals surface area contributed by atoms with Gasteiger partial charge in [0.2, 0.25) is 21.7 Å². The number of hydrogen-bond acceptors (Lipinski definition) is 7. The lowest BCUT2D eigenvalue weighted by Gasteiger charge is -2.30. The van der Waals surface area contributed by atoms with Crippen LogP contribution in [0.3, 0.4) is 0 Å². The van der Waals surface area contributed by atoms with Gasteiger partial charge in [-0.3, -0.25) is 0 Å². The average Bonchev–Trinajstić information content (AvgIpc) is 3.33. The lowest BCUT2D eigenvalue weighted by Crippen LogP contribution is -2.39. The number of aromatic nitrogens is 2. The predicted molar refractivity (Wildman–Crippen MR) is 129 cm³/mol. The first kappa shape index (κ1) is 24.2. The summed E-state index contributed by atoms with van der Waals surface area (Å²) in [6.07, 6.45) is 1.50. The molecule has 4 rings (SSSR count). The van der Waals surface area contributed by atoms with E-state index in [4.69, 9.17) is 14.0 Å². The molecule has 0 amide bonds. The molecule has 0 bridgehead atoms. The molecular weight excluding hydrogens is 454 g/mol. The van der Waals surface area contributed by atoms with Gasteiger partial charge in [0.05, 0.1) is 25.0 Å². The number of nitrogens with zero attached hydrogens (tertiary/aromatic N) is 3. The van der Waals surface area contributed by atoms with Gasteiger partial charge in [-0.2, -0.15) is 9.29 Å². The number of piperidine rings is 1. The van der Waals surface area contributed by atoms with Crippen molar-refractivity contribution in [3.05, 3.63) is 53.9 Å². The first-order valence-electron chi connectivity index (χ1n) is 11.3. The highest BCUT2D eigenvalue weighted by Crippen LogP contribution is 2.34. The van der Waals surface area contributed by atoms with Crippen LogP contribution in [0.5, 0.6) is 11.5 Å². The Labute approximate surface area is 200 Å². The predicted octanol–water partition coefficient (Wildman–Crippen LogP) is 4.62. The molecule has 0 aliphatic carbocycles. The Bertz CT molecular complexity index is 1250. The Hall–Kier alpha value is -2.91. The second-order valence-corrected chi connectivity index (χ2v) is 11.4. The van der Waals surface area contributed by atoms with Crippen LogP contribution in [-0.4, -0.2) is 50.2 Å². The summed E-state index contributed by atoms with van der Waals surface area (Å²) in [7, 11) is -0.473. The second kappa shape index (κ2) is 9.38. The molecule has 1 atom stereocenters. The van der Waals surface area contributed by atoms with Crippen LogP contribution < -0.4 is 9.47 Å². The minimum atomic E-state index is -3.61. The SMILES string of the molecule is COc1ccc(-c2noc(C3CCCN(S(=O)(=O)c4ccc(C(C)(C)C)cc4)C3)n2)cc1OC. The smallest absolute Gasteiger partial charge is 0.243 e. The van der Waals surface area contributed by atoms with E-state index in [0.29, 0.717) is 41.2 Å². The number of benzene rings is 2. The van der Waals surface area contributed by atoms with Crippen molar-refractivity contribution in [2.24, 2.45) is 0 Å². The topological polar surface area (TPSA) is 94.8 Å². The van der Waals surface area contributed by atoms with Crippen molar-refractivity contribution in [3.8, 4) is 22.9 Å². The standard InChI is InChI=1S/C25H31N3O5S/c1-25(2,3)19-9-11-20(12-10-19)34(29,30)28-14-6-7-18(16-28)24-26-23(27-33-24)17-8-13-21(31-4)22(15-17)32-5/h8-13,15,18H,6-7,14,16H2,1-5H3. The quantitative estimate of drug-likeness (QED) is 0.503. The molecule has 1 saturated heterocycles. The minimum absolute atomic E-state index is 0.0396. The van der Waals surface area contributed by atoms with E-state index in [-0.39, 0.29) is 11.3 Å². The summed E-state index contributed by atoms with van der Waals surface area (Å²) >= 11 is 0. The molecule has 1 aliphatic heterocycles. The summed E-state index contributed by atoms with van der Waals surface area (Å²) < 4.78 is 44.3. The van der Waals surface area contributed by atoms with Crippen LogP contribution in [0, 0.1) is 0 Å². The van der Waals surface area contributed by atoms with Gasteiger partial charge in [0.1, 0.15) is 0 Å². The fraction of sp³-hybridized carbons (Fsp3) is 0.440. The summed E-state index contributed by atoms with van der Waals surface area (Å²) in [4.78, 5) is 4.87. The maximum Gasteiger partial charge on any atom is 0.243 e. The van der Waals surface area contributed by atoms with E-state index >= 15 is 0 Å². The van der Waals surface area contributed by atoms with Gasteiger partial charge in [0, 0.05) is 18.7 Å². The van der Waals surface area contributed by atoms with Crippen LogP contribution in [-0.2, 0) is 15.4 Å². The van der Waals surface area contributed by atoms with Crippen LogP contribution in [0.15, 0.2) is 51.9 Å². The van der Waals surface area contributed by atoms with Crippen LogP contribution in [0.1, 0.15) is 51.0 Å². The normalized spacial score (nSPS) is 17.5. The monoisotopic (exact) mass is 485 g/mol. The summed E-state index contributed by atoms with van der Waals surface area (Å²) in [6.45, 7) is 7.08. The summed E-state index contributed by atoms with van der Waals surface area (Å²) in [5.41, 5.74) is 1.78. The summed E-state index contributed by atoms with van der Waals surface area (Å²) in [5, 5.41) is 4.12. The van der Waals surface area contributed by atoms with E-state index in [2.05, 4.69) is 30.9 Å². The molecule has 0 N–H and O–H groups in total. The molecule has 0 spiro atoms. The molecule has 1 aliphatic rings. The average molecular weight is 486 g/mol. The van der Waals surface area contributed by atoms with Crippen LogP contribution in [0.25, 0.3) is 11.4 Å². The molecule has 3 aromatic rings. The highest BCUT2D eigenvalue weighted by molar-refractivity contribution is 7.89. The number of sulfonamides is 1. The summed E-state index contributed by atoms with van der Waals surface area (Å²) in [5.74, 6) is 1.87. The molecule has 182 valence electrons. The van der Waals surface area contributed by atoms with Gasteiger partial charge in [0.25, 0.3) is 0 Å². The molecule has 34 heavy (non-hydrogen) atoms. The Kier molecular flexibility index (Phi) is 6.69. The molecule has 2 aromatic carbocycles. The van der Waals surface area contributed by atoms with Gasteiger partial charge in [0.15, 0.2) is 11.5 Å². The molecule has 1 fully saturated rings. The molecule has 9 heteroatoms. The van der Waals surface area contributed by atoms with E-state index in [0.717, 1.165) is 24.0 Å². The maximum absolute atomic E-state index is 13.3. The zero-order valence-corrected chi connectivity index (χ0v) is 21.1. The fourth-order valence-corrected chi connectivity index (χ4v) is 5.66. The number of ether oxygens (including phenoxy) is 2. The highest BCUT2D eigenvalue weighted by Gasteiger charge is 2.33. The fourth-order valence-electron chi connectivity index (χ4n) is 4.13. The third-order valence-corrected chi connectivity index (χ3v) is 8.05. The van der Waals surface area contributed by atoms with E-state index in [1.807, 2.05) is 18.2 Å². The van der Waals surface area contributed by atoms with Crippen molar-refractivity contribution in [1.82, 2.24) is 14.4 Å². The van der Waals surface area contributed by atoms with Gasteiger partial charge >= 0.3 is 0 Å². The maximum atomic E-state index is 13.3. The molecular formula is C25H31N3O5S. The first-order chi connectivity index (χ1) is 16.1. The Morgan fingerprint density at radius 1 is 1.03 bits per heavy atom. The van der Waals surface area contributed by atoms with Crippen molar-refractivity contribution in [2.45, 2.75) is 49.8 Å². The van der Waals surface area contributed by atoms with Gasteiger partial charge in [-0.15, -0.1) is 0 Å². The van der Waals surface area contributed by atoms with Gasteiger partial charge in [-0.05, 0) is 54.2 Å². The Morgan fingerprint density at radius 3 is 2.38 bits per heavy atom. The van der Waals surface area contributed by atoms with Crippen molar-refractivity contribution < 1.29 is 22.4 Å². The minimum Gasteiger partial charge on any atom is -0.493 e. The third-order valence-electron chi connectivity index (χ3n) is 6.17. The Morgan fingerprint density at radius 2 is 1.74 bits per heavy atom. The largest absolute Gasteiger partial charge is 0.493 e. The van der Waals surface area contributed by atoms with E-state index in [1.54, 1.807) is 38.5 Å². The molecule has 8 nitrogen and oxygen atoms in total. The molecule has 1 aromatic heterocycles. The lowest BCUT2D eigenvalue weighted by atomic mass is 9.87. The van der Waals surface area contributed by atoms with Crippen molar-refractivity contribution in [2.75, 3.05) is 27.3 Å². The van der Waals surface area contributed by atoms with Crippen molar-refractivity contribution >= 4 is 10.0 Å². The molecule has 0 radical (unpaired) electrons.